The molecule has 0 bridgehead atoms. The molecule has 0 atom stereocenters. The van der Waals surface area contributed by atoms with Crippen LogP contribution in [0.3, 0.4) is 0 Å². The lowest BCUT2D eigenvalue weighted by atomic mass is 10.2. The molecule has 5 heteroatoms. The van der Waals surface area contributed by atoms with Crippen molar-refractivity contribution in [2.24, 2.45) is 0 Å². The number of esters is 1. The van der Waals surface area contributed by atoms with Gasteiger partial charge in [-0.15, -0.1) is 0 Å². The molecule has 0 unspecified atom stereocenters. The topological polar surface area (TPSA) is 68.5 Å². The number of hydrogen-bond donors (Lipinski definition) is 1. The Balaban J connectivity index is 2.19. The van der Waals surface area contributed by atoms with Gasteiger partial charge in [0, 0.05) is 11.6 Å². The Labute approximate surface area is 127 Å². The summed E-state index contributed by atoms with van der Waals surface area (Å²) in [6.45, 7) is 3.52. The van der Waals surface area contributed by atoms with Gasteiger partial charge in [-0.3, -0.25) is 4.79 Å². The summed E-state index contributed by atoms with van der Waals surface area (Å²) in [5.41, 5.74) is 0.426. The van der Waals surface area contributed by atoms with Crippen molar-refractivity contribution < 1.29 is 18.7 Å². The van der Waals surface area contributed by atoms with Crippen LogP contribution in [-0.4, -0.2) is 18.5 Å². The fraction of sp³-hybridized carbons (Fsp3) is 0.0588. The molecule has 0 aliphatic rings. The summed E-state index contributed by atoms with van der Waals surface area (Å²) in [6, 6.07) is 11.9. The maximum Gasteiger partial charge on any atom is 0.355 e. The lowest BCUT2D eigenvalue weighted by Crippen LogP contribution is -2.28. The highest BCUT2D eigenvalue weighted by molar-refractivity contribution is 6.03. The number of nitrogens with one attached hydrogen (secondary N) is 1. The molecular formula is C17H15NO4. The molecule has 1 heterocycles. The van der Waals surface area contributed by atoms with Gasteiger partial charge in [0.1, 0.15) is 18.1 Å². The normalized spacial score (nSPS) is 10.8. The van der Waals surface area contributed by atoms with Gasteiger partial charge in [0.2, 0.25) is 0 Å². The molecular weight excluding hydrogens is 282 g/mol. The molecule has 0 aliphatic heterocycles. The van der Waals surface area contributed by atoms with Crippen LogP contribution in [-0.2, 0) is 9.53 Å². The molecule has 0 saturated heterocycles. The van der Waals surface area contributed by atoms with Gasteiger partial charge >= 0.3 is 5.97 Å². The van der Waals surface area contributed by atoms with Crippen LogP contribution in [0.1, 0.15) is 16.1 Å². The van der Waals surface area contributed by atoms with Gasteiger partial charge in [-0.1, -0.05) is 30.9 Å². The molecule has 0 spiro atoms. The third-order valence-electron chi connectivity index (χ3n) is 2.67. The Kier molecular flexibility index (Phi) is 5.31. The first-order valence-electron chi connectivity index (χ1n) is 6.60. The van der Waals surface area contributed by atoms with Crippen LogP contribution >= 0.6 is 0 Å². The number of amides is 1. The summed E-state index contributed by atoms with van der Waals surface area (Å²) in [5, 5.41) is 2.53. The molecule has 1 amide bonds. The van der Waals surface area contributed by atoms with Crippen LogP contribution in [0.15, 0.2) is 71.5 Å². The smallest absolute Gasteiger partial charge is 0.355 e. The highest BCUT2D eigenvalue weighted by Crippen LogP contribution is 2.09. The van der Waals surface area contributed by atoms with Gasteiger partial charge in [0.15, 0.2) is 0 Å². The fourth-order valence-electron chi connectivity index (χ4n) is 1.66. The molecule has 1 N–H and O–H groups in total. The predicted molar refractivity (Wildman–Crippen MR) is 81.7 cm³/mol. The van der Waals surface area contributed by atoms with Crippen LogP contribution < -0.4 is 5.32 Å². The number of carbonyl (C=O) groups excluding carboxylic acids is 2. The van der Waals surface area contributed by atoms with E-state index in [0.29, 0.717) is 11.3 Å². The van der Waals surface area contributed by atoms with Crippen molar-refractivity contribution in [1.29, 1.82) is 0 Å². The summed E-state index contributed by atoms with van der Waals surface area (Å²) in [7, 11) is 0. The van der Waals surface area contributed by atoms with E-state index < -0.39 is 11.9 Å². The highest BCUT2D eigenvalue weighted by Gasteiger charge is 2.16. The van der Waals surface area contributed by atoms with Gasteiger partial charge in [-0.25, -0.2) is 4.79 Å². The number of furan rings is 1. The zero-order valence-electron chi connectivity index (χ0n) is 11.8. The Morgan fingerprint density at radius 2 is 1.95 bits per heavy atom. The fourth-order valence-corrected chi connectivity index (χ4v) is 1.66. The summed E-state index contributed by atoms with van der Waals surface area (Å²) in [6.07, 6.45) is 4.32. The Morgan fingerprint density at radius 3 is 2.59 bits per heavy atom. The SMILES string of the molecule is C=CCOC(=O)C(=Cc1ccco1)NC(=O)c1ccccc1. The van der Waals surface area contributed by atoms with E-state index in [0.717, 1.165) is 0 Å². The lowest BCUT2D eigenvalue weighted by molar-refractivity contribution is -0.138. The second-order valence-electron chi connectivity index (χ2n) is 4.28. The van der Waals surface area contributed by atoms with Crippen molar-refractivity contribution >= 4 is 18.0 Å². The molecule has 0 fully saturated rings. The Hall–Kier alpha value is -3.08. The van der Waals surface area contributed by atoms with Gasteiger partial charge in [-0.05, 0) is 24.3 Å². The van der Waals surface area contributed by atoms with E-state index in [1.165, 1.54) is 18.4 Å². The maximum absolute atomic E-state index is 12.2. The van der Waals surface area contributed by atoms with Crippen molar-refractivity contribution in [3.8, 4) is 0 Å². The lowest BCUT2D eigenvalue weighted by Gasteiger charge is -2.09. The van der Waals surface area contributed by atoms with Crippen LogP contribution in [0.5, 0.6) is 0 Å². The number of rotatable bonds is 6. The van der Waals surface area contributed by atoms with Crippen molar-refractivity contribution in [2.45, 2.75) is 0 Å². The van der Waals surface area contributed by atoms with Crippen LogP contribution in [0.25, 0.3) is 6.08 Å². The first-order valence-corrected chi connectivity index (χ1v) is 6.60. The molecule has 0 saturated carbocycles. The van der Waals surface area contributed by atoms with Crippen LogP contribution in [0.2, 0.25) is 0 Å². The largest absolute Gasteiger partial charge is 0.465 e. The Morgan fingerprint density at radius 1 is 1.18 bits per heavy atom. The minimum Gasteiger partial charge on any atom is -0.465 e. The second kappa shape index (κ2) is 7.64. The monoisotopic (exact) mass is 297 g/mol. The highest BCUT2D eigenvalue weighted by atomic mass is 16.5. The van der Waals surface area contributed by atoms with Gasteiger partial charge < -0.3 is 14.5 Å². The molecule has 2 rings (SSSR count). The number of carbonyl (C=O) groups is 2. The third-order valence-corrected chi connectivity index (χ3v) is 2.67. The Bertz CT molecular complexity index is 672. The molecule has 1 aromatic carbocycles. The number of hydrogen-bond acceptors (Lipinski definition) is 4. The van der Waals surface area contributed by atoms with Crippen molar-refractivity contribution in [3.63, 3.8) is 0 Å². The first-order chi connectivity index (χ1) is 10.7. The predicted octanol–water partition coefficient (Wildman–Crippen LogP) is 2.78. The van der Waals surface area contributed by atoms with Crippen molar-refractivity contribution in [3.05, 3.63) is 78.4 Å². The average Bonchev–Trinajstić information content (AvgIpc) is 3.05. The van der Waals surface area contributed by atoms with Crippen molar-refractivity contribution in [2.75, 3.05) is 6.61 Å². The van der Waals surface area contributed by atoms with E-state index in [-0.39, 0.29) is 12.3 Å². The molecule has 5 nitrogen and oxygen atoms in total. The summed E-state index contributed by atoms with van der Waals surface area (Å²) < 4.78 is 10.1. The first kappa shape index (κ1) is 15.3. The van der Waals surface area contributed by atoms with Gasteiger partial charge in [-0.2, -0.15) is 0 Å². The quantitative estimate of drug-likeness (QED) is 0.506. The summed E-state index contributed by atoms with van der Waals surface area (Å²) in [5.74, 6) is -0.645. The summed E-state index contributed by atoms with van der Waals surface area (Å²) in [4.78, 5) is 24.2. The molecule has 1 aromatic heterocycles. The second-order valence-corrected chi connectivity index (χ2v) is 4.28. The number of benzene rings is 1. The van der Waals surface area contributed by atoms with E-state index in [9.17, 15) is 9.59 Å². The van der Waals surface area contributed by atoms with Crippen LogP contribution in [0, 0.1) is 0 Å². The van der Waals surface area contributed by atoms with E-state index in [4.69, 9.17) is 9.15 Å². The van der Waals surface area contributed by atoms with E-state index in [1.54, 1.807) is 42.5 Å². The molecule has 22 heavy (non-hydrogen) atoms. The van der Waals surface area contributed by atoms with Crippen molar-refractivity contribution in [1.82, 2.24) is 5.32 Å². The van der Waals surface area contributed by atoms with E-state index >= 15 is 0 Å². The maximum atomic E-state index is 12.2. The number of ether oxygens (including phenoxy) is 1. The minimum absolute atomic E-state index is 0.00865. The molecule has 0 radical (unpaired) electrons. The zero-order valence-corrected chi connectivity index (χ0v) is 11.8. The third kappa shape index (κ3) is 4.21. The van der Waals surface area contributed by atoms with E-state index in [2.05, 4.69) is 11.9 Å². The molecule has 112 valence electrons. The standard InChI is InChI=1S/C17H15NO4/c1-2-10-22-17(20)15(12-14-9-6-11-21-14)18-16(19)13-7-4-3-5-8-13/h2-9,11-12H,1,10H2,(H,18,19). The summed E-state index contributed by atoms with van der Waals surface area (Å²) >= 11 is 0. The van der Waals surface area contributed by atoms with Gasteiger partial charge in [0.25, 0.3) is 5.91 Å². The average molecular weight is 297 g/mol. The molecule has 0 aliphatic carbocycles. The van der Waals surface area contributed by atoms with Crippen LogP contribution in [0.4, 0.5) is 0 Å². The molecule has 2 aromatic rings. The van der Waals surface area contributed by atoms with E-state index in [1.807, 2.05) is 0 Å². The minimum atomic E-state index is -0.666. The zero-order chi connectivity index (χ0) is 15.8. The van der Waals surface area contributed by atoms with Gasteiger partial charge in [0.05, 0.1) is 6.26 Å².